The fourth-order valence-electron chi connectivity index (χ4n) is 6.06. The summed E-state index contributed by atoms with van der Waals surface area (Å²) in [6.45, 7) is 6.75. The van der Waals surface area contributed by atoms with Gasteiger partial charge in [0, 0.05) is 33.3 Å². The van der Waals surface area contributed by atoms with Gasteiger partial charge in [0.1, 0.15) is 0 Å². The van der Waals surface area contributed by atoms with Gasteiger partial charge in [-0.15, -0.1) is 0 Å². The molecule has 3 aliphatic rings. The quantitative estimate of drug-likeness (QED) is 0.274. The van der Waals surface area contributed by atoms with Gasteiger partial charge in [0.15, 0.2) is 5.78 Å². The van der Waals surface area contributed by atoms with Crippen LogP contribution in [0.25, 0.3) is 21.8 Å². The van der Waals surface area contributed by atoms with Crippen LogP contribution in [0.4, 0.5) is 0 Å². The number of H-pyrrole nitrogens is 1. The molecule has 3 aliphatic carbocycles. The molecule has 0 unspecified atom stereocenters. The predicted molar refractivity (Wildman–Crippen MR) is 135 cm³/mol. The molecule has 2 nitrogen and oxygen atoms in total. The third-order valence-corrected chi connectivity index (χ3v) is 7.71. The summed E-state index contributed by atoms with van der Waals surface area (Å²) in [6, 6.07) is 28.1. The minimum atomic E-state index is -0.232. The Hall–Kier alpha value is -3.65. The molecule has 0 amide bonds. The van der Waals surface area contributed by atoms with Crippen LogP contribution in [0.1, 0.15) is 76.3 Å². The molecule has 1 aromatic heterocycles. The van der Waals surface area contributed by atoms with Gasteiger partial charge in [-0.05, 0) is 63.1 Å². The Kier molecular flexibility index (Phi) is 3.56. The zero-order valence-corrected chi connectivity index (χ0v) is 19.1. The third kappa shape index (κ3) is 2.47. The lowest BCUT2D eigenvalue weighted by atomic mass is 9.72. The van der Waals surface area contributed by atoms with Gasteiger partial charge in [-0.25, -0.2) is 0 Å². The van der Waals surface area contributed by atoms with E-state index >= 15 is 0 Å². The molecule has 1 heterocycles. The number of rotatable bonds is 0. The second-order valence-corrected chi connectivity index (χ2v) is 10.6. The average molecular weight is 428 g/mol. The maximum Gasteiger partial charge on any atom is 0.175 e. The predicted octanol–water partition coefficient (Wildman–Crippen LogP) is 7.44. The summed E-state index contributed by atoms with van der Waals surface area (Å²) in [5.74, 6) is 0.0558. The van der Waals surface area contributed by atoms with Crippen LogP contribution < -0.4 is 0 Å². The van der Waals surface area contributed by atoms with Crippen molar-refractivity contribution in [2.45, 2.75) is 38.0 Å². The number of aromatic amines is 1. The largest absolute Gasteiger partial charge is 0.354 e. The van der Waals surface area contributed by atoms with Crippen molar-refractivity contribution in [1.29, 1.82) is 0 Å². The van der Waals surface area contributed by atoms with E-state index in [0.717, 1.165) is 33.3 Å². The standard InChI is InChI=1S/C31H25NO/c1-31(2,3)17-12-13-26-22(14-17)23-15-24-25(16-27(23)32-26)30(33)29-20-10-6-4-8-18(20)28(24)19-9-5-7-11-21(19)29/h4-16,28-29,32H,1-3H3. The second kappa shape index (κ2) is 6.23. The Bertz CT molecular complexity index is 1580. The smallest absolute Gasteiger partial charge is 0.175 e. The van der Waals surface area contributed by atoms with Crippen LogP contribution >= 0.6 is 0 Å². The Balaban J connectivity index is 1.59. The second-order valence-electron chi connectivity index (χ2n) is 10.6. The van der Waals surface area contributed by atoms with E-state index in [9.17, 15) is 4.79 Å². The van der Waals surface area contributed by atoms with Crippen molar-refractivity contribution in [1.82, 2.24) is 4.98 Å². The van der Waals surface area contributed by atoms with Crippen LogP contribution in [-0.2, 0) is 5.41 Å². The van der Waals surface area contributed by atoms with Crippen LogP contribution in [0.5, 0.6) is 0 Å². The number of nitrogens with one attached hydrogen (secondary N) is 1. The molecule has 4 aromatic carbocycles. The molecule has 0 saturated carbocycles. The first-order chi connectivity index (χ1) is 15.9. The number of hydrogen-bond donors (Lipinski definition) is 1. The van der Waals surface area contributed by atoms with Crippen LogP contribution in [0.2, 0.25) is 0 Å². The van der Waals surface area contributed by atoms with E-state index in [1.54, 1.807) is 0 Å². The summed E-state index contributed by atoms with van der Waals surface area (Å²) in [5.41, 5.74) is 10.4. The van der Waals surface area contributed by atoms with Crippen molar-refractivity contribution >= 4 is 27.6 Å². The minimum absolute atomic E-state index is 0.0789. The number of fused-ring (bicyclic) bond motifs is 3. The summed E-state index contributed by atoms with van der Waals surface area (Å²) in [7, 11) is 0. The van der Waals surface area contributed by atoms with Gasteiger partial charge >= 0.3 is 0 Å². The molecule has 1 N–H and O–H groups in total. The lowest BCUT2D eigenvalue weighted by Crippen LogP contribution is -2.19. The van der Waals surface area contributed by atoms with Gasteiger partial charge < -0.3 is 4.98 Å². The number of carbonyl (C=O) groups is 1. The molecule has 5 aromatic rings. The van der Waals surface area contributed by atoms with E-state index < -0.39 is 0 Å². The molecule has 160 valence electrons. The average Bonchev–Trinajstić information content (AvgIpc) is 3.08. The summed E-state index contributed by atoms with van der Waals surface area (Å²) >= 11 is 0. The normalized spacial score (nSPS) is 18.8. The number of benzene rings is 4. The zero-order valence-electron chi connectivity index (χ0n) is 19.1. The van der Waals surface area contributed by atoms with Crippen molar-refractivity contribution in [2.75, 3.05) is 0 Å². The number of ketones is 1. The highest BCUT2D eigenvalue weighted by molar-refractivity contribution is 6.13. The molecule has 2 bridgehead atoms. The number of hydrogen-bond acceptors (Lipinski definition) is 1. The maximum absolute atomic E-state index is 14.1. The van der Waals surface area contributed by atoms with Gasteiger partial charge in [0.25, 0.3) is 0 Å². The Labute approximate surface area is 193 Å². The Morgan fingerprint density at radius 1 is 0.636 bits per heavy atom. The fraction of sp³-hybridized carbons (Fsp3) is 0.194. The number of Topliss-reactive ketones (excluding diaryl/α,β-unsaturated/α-hetero) is 1. The third-order valence-electron chi connectivity index (χ3n) is 7.71. The fourth-order valence-corrected chi connectivity index (χ4v) is 6.06. The first-order valence-corrected chi connectivity index (χ1v) is 11.7. The molecular weight excluding hydrogens is 402 g/mol. The van der Waals surface area contributed by atoms with Crippen molar-refractivity contribution in [3.8, 4) is 0 Å². The van der Waals surface area contributed by atoms with Crippen molar-refractivity contribution in [2.24, 2.45) is 0 Å². The van der Waals surface area contributed by atoms with Gasteiger partial charge in [-0.2, -0.15) is 0 Å². The first kappa shape index (κ1) is 18.9. The molecule has 0 radical (unpaired) electrons. The van der Waals surface area contributed by atoms with E-state index in [1.807, 2.05) is 0 Å². The number of aromatic nitrogens is 1. The van der Waals surface area contributed by atoms with Crippen LogP contribution in [0.15, 0.2) is 78.9 Å². The highest BCUT2D eigenvalue weighted by Crippen LogP contribution is 2.52. The first-order valence-electron chi connectivity index (χ1n) is 11.7. The van der Waals surface area contributed by atoms with E-state index in [1.165, 1.54) is 27.5 Å². The Morgan fingerprint density at radius 3 is 1.82 bits per heavy atom. The highest BCUT2D eigenvalue weighted by atomic mass is 16.1. The van der Waals surface area contributed by atoms with Crippen LogP contribution in [-0.4, -0.2) is 10.8 Å². The molecule has 0 saturated heterocycles. The molecule has 0 spiro atoms. The molecular formula is C31H25NO. The van der Waals surface area contributed by atoms with Crippen LogP contribution in [0.3, 0.4) is 0 Å². The van der Waals surface area contributed by atoms with Crippen molar-refractivity contribution < 1.29 is 4.79 Å². The van der Waals surface area contributed by atoms with Crippen molar-refractivity contribution in [3.63, 3.8) is 0 Å². The maximum atomic E-state index is 14.1. The molecule has 2 heteroatoms. The molecule has 8 rings (SSSR count). The van der Waals surface area contributed by atoms with Gasteiger partial charge in [-0.3, -0.25) is 4.79 Å². The lowest BCUT2D eigenvalue weighted by Gasteiger charge is -2.30. The van der Waals surface area contributed by atoms with E-state index in [-0.39, 0.29) is 23.0 Å². The summed E-state index contributed by atoms with van der Waals surface area (Å²) < 4.78 is 0. The molecule has 0 atom stereocenters. The zero-order chi connectivity index (χ0) is 22.5. The van der Waals surface area contributed by atoms with E-state index in [0.29, 0.717) is 0 Å². The van der Waals surface area contributed by atoms with E-state index in [4.69, 9.17) is 0 Å². The highest BCUT2D eigenvalue weighted by Gasteiger charge is 2.42. The SMILES string of the molecule is CC(C)(C)c1ccc2[nH]c3cc4c(cc3c2c1)C1c2ccccc2C(C4=O)c2ccccc21. The summed E-state index contributed by atoms with van der Waals surface area (Å²) in [4.78, 5) is 17.6. The topological polar surface area (TPSA) is 32.9 Å². The monoisotopic (exact) mass is 427 g/mol. The Morgan fingerprint density at radius 2 is 1.21 bits per heavy atom. The molecule has 0 aliphatic heterocycles. The van der Waals surface area contributed by atoms with Crippen LogP contribution in [0, 0.1) is 0 Å². The minimum Gasteiger partial charge on any atom is -0.354 e. The van der Waals surface area contributed by atoms with E-state index in [2.05, 4.69) is 105 Å². The van der Waals surface area contributed by atoms with Gasteiger partial charge in [0.05, 0.1) is 5.92 Å². The van der Waals surface area contributed by atoms with Gasteiger partial charge in [0.2, 0.25) is 0 Å². The molecule has 33 heavy (non-hydrogen) atoms. The summed E-state index contributed by atoms with van der Waals surface area (Å²) in [6.07, 6.45) is 0. The summed E-state index contributed by atoms with van der Waals surface area (Å²) in [5, 5.41) is 2.43. The van der Waals surface area contributed by atoms with Gasteiger partial charge in [-0.1, -0.05) is 75.4 Å². The number of carbonyl (C=O) groups excluding carboxylic acids is 1. The van der Waals surface area contributed by atoms with Crippen molar-refractivity contribution in [3.05, 3.63) is 118 Å². The lowest BCUT2D eigenvalue weighted by molar-refractivity contribution is 0.0974. The molecule has 0 fully saturated rings.